The molecule has 0 spiro atoms. The Hall–Kier alpha value is -1.35. The third-order valence-electron chi connectivity index (χ3n) is 4.19. The molecule has 1 heterocycles. The number of nitrogens with zero attached hydrogens (tertiary/aromatic N) is 1. The molecule has 0 saturated carbocycles. The molecule has 1 amide bonds. The highest BCUT2D eigenvalue weighted by Gasteiger charge is 2.35. The molecule has 110 valence electrons. The first-order valence-corrected chi connectivity index (χ1v) is 7.66. The van der Waals surface area contributed by atoms with Crippen LogP contribution < -0.4 is 5.32 Å². The number of unbranched alkanes of at least 4 members (excludes halogenated alkanes) is 1. The SMILES string of the molecule is CCCCC(C)N1C(=O)CNC1c1cc(C)ccc1C. The largest absolute Gasteiger partial charge is 0.319 e. The molecule has 2 rings (SSSR count). The molecule has 0 aliphatic carbocycles. The third kappa shape index (κ3) is 3.04. The standard InChI is InChI=1S/C17H26N2O/c1-5-6-7-14(4)19-16(20)11-18-17(19)15-10-12(2)8-9-13(15)3/h8-10,14,17-18H,5-7,11H2,1-4H3. The molecule has 0 bridgehead atoms. The van der Waals surface area contributed by atoms with Crippen molar-refractivity contribution in [1.82, 2.24) is 10.2 Å². The third-order valence-corrected chi connectivity index (χ3v) is 4.19. The van der Waals surface area contributed by atoms with Gasteiger partial charge in [-0.3, -0.25) is 10.1 Å². The van der Waals surface area contributed by atoms with Crippen molar-refractivity contribution in [2.24, 2.45) is 0 Å². The maximum Gasteiger partial charge on any atom is 0.238 e. The van der Waals surface area contributed by atoms with Crippen molar-refractivity contribution < 1.29 is 4.79 Å². The minimum absolute atomic E-state index is 0.0363. The van der Waals surface area contributed by atoms with E-state index in [1.165, 1.54) is 29.5 Å². The van der Waals surface area contributed by atoms with Crippen LogP contribution in [0, 0.1) is 13.8 Å². The summed E-state index contributed by atoms with van der Waals surface area (Å²) in [6.45, 7) is 9.03. The van der Waals surface area contributed by atoms with Crippen molar-refractivity contribution in [3.8, 4) is 0 Å². The molecule has 1 aromatic rings. The molecule has 1 aliphatic heterocycles. The number of nitrogens with one attached hydrogen (secondary N) is 1. The summed E-state index contributed by atoms with van der Waals surface area (Å²) in [5, 5.41) is 3.37. The van der Waals surface area contributed by atoms with Crippen LogP contribution in [0.15, 0.2) is 18.2 Å². The van der Waals surface area contributed by atoms with Crippen LogP contribution in [-0.2, 0) is 4.79 Å². The molecular formula is C17H26N2O. The van der Waals surface area contributed by atoms with Crippen LogP contribution >= 0.6 is 0 Å². The van der Waals surface area contributed by atoms with Gasteiger partial charge in [-0.2, -0.15) is 0 Å². The first kappa shape index (κ1) is 15.0. The van der Waals surface area contributed by atoms with Gasteiger partial charge in [0.05, 0.1) is 6.54 Å². The molecule has 0 aromatic heterocycles. The fourth-order valence-corrected chi connectivity index (χ4v) is 2.97. The molecule has 1 saturated heterocycles. The maximum atomic E-state index is 12.2. The van der Waals surface area contributed by atoms with Crippen molar-refractivity contribution in [3.63, 3.8) is 0 Å². The van der Waals surface area contributed by atoms with Crippen molar-refractivity contribution >= 4 is 5.91 Å². The monoisotopic (exact) mass is 274 g/mol. The molecule has 3 heteroatoms. The number of benzene rings is 1. The van der Waals surface area contributed by atoms with Gasteiger partial charge in [0, 0.05) is 6.04 Å². The van der Waals surface area contributed by atoms with Gasteiger partial charge in [0.25, 0.3) is 0 Å². The smallest absolute Gasteiger partial charge is 0.238 e. The summed E-state index contributed by atoms with van der Waals surface area (Å²) in [6.07, 6.45) is 3.46. The van der Waals surface area contributed by atoms with Gasteiger partial charge in [-0.15, -0.1) is 0 Å². The number of amides is 1. The van der Waals surface area contributed by atoms with Crippen LogP contribution in [0.2, 0.25) is 0 Å². The first-order valence-electron chi connectivity index (χ1n) is 7.66. The highest BCUT2D eigenvalue weighted by molar-refractivity contribution is 5.81. The van der Waals surface area contributed by atoms with Crippen LogP contribution in [0.25, 0.3) is 0 Å². The summed E-state index contributed by atoms with van der Waals surface area (Å²) in [6, 6.07) is 6.76. The van der Waals surface area contributed by atoms with E-state index in [0.717, 1.165) is 6.42 Å². The summed E-state index contributed by atoms with van der Waals surface area (Å²) in [4.78, 5) is 14.3. The van der Waals surface area contributed by atoms with E-state index >= 15 is 0 Å². The molecule has 2 unspecified atom stereocenters. The Morgan fingerprint density at radius 2 is 2.15 bits per heavy atom. The quantitative estimate of drug-likeness (QED) is 0.893. The predicted molar refractivity (Wildman–Crippen MR) is 82.5 cm³/mol. The van der Waals surface area contributed by atoms with E-state index in [1.807, 2.05) is 4.90 Å². The second-order valence-corrected chi connectivity index (χ2v) is 5.94. The Morgan fingerprint density at radius 1 is 1.40 bits per heavy atom. The number of carbonyl (C=O) groups is 1. The lowest BCUT2D eigenvalue weighted by atomic mass is 10.0. The molecule has 2 atom stereocenters. The van der Waals surface area contributed by atoms with Gasteiger partial charge in [0.2, 0.25) is 5.91 Å². The van der Waals surface area contributed by atoms with Gasteiger partial charge < -0.3 is 4.90 Å². The van der Waals surface area contributed by atoms with Crippen molar-refractivity contribution in [3.05, 3.63) is 34.9 Å². The van der Waals surface area contributed by atoms with Gasteiger partial charge in [0.1, 0.15) is 6.17 Å². The van der Waals surface area contributed by atoms with Crippen molar-refractivity contribution in [1.29, 1.82) is 0 Å². The minimum atomic E-state index is 0.0363. The topological polar surface area (TPSA) is 32.3 Å². The van der Waals surface area contributed by atoms with Crippen LogP contribution in [0.1, 0.15) is 56.0 Å². The van der Waals surface area contributed by atoms with Gasteiger partial charge in [-0.1, -0.05) is 43.5 Å². The van der Waals surface area contributed by atoms with Gasteiger partial charge in [0.15, 0.2) is 0 Å². The predicted octanol–water partition coefficient (Wildman–Crippen LogP) is 3.31. The molecular weight excluding hydrogens is 248 g/mol. The second kappa shape index (κ2) is 6.40. The zero-order valence-corrected chi connectivity index (χ0v) is 13.1. The lowest BCUT2D eigenvalue weighted by Gasteiger charge is -2.31. The Kier molecular flexibility index (Phi) is 4.81. The maximum absolute atomic E-state index is 12.2. The highest BCUT2D eigenvalue weighted by Crippen LogP contribution is 2.29. The molecule has 1 N–H and O–H groups in total. The number of aryl methyl sites for hydroxylation is 2. The zero-order chi connectivity index (χ0) is 14.7. The van der Waals surface area contributed by atoms with Crippen LogP contribution in [0.3, 0.4) is 0 Å². The fraction of sp³-hybridized carbons (Fsp3) is 0.588. The molecule has 1 aliphatic rings. The van der Waals surface area contributed by atoms with E-state index in [4.69, 9.17) is 0 Å². The van der Waals surface area contributed by atoms with E-state index < -0.39 is 0 Å². The molecule has 0 radical (unpaired) electrons. The van der Waals surface area contributed by atoms with E-state index in [2.05, 4.69) is 51.2 Å². The summed E-state index contributed by atoms with van der Waals surface area (Å²) < 4.78 is 0. The Balaban J connectivity index is 2.25. The summed E-state index contributed by atoms with van der Waals surface area (Å²) in [7, 11) is 0. The van der Waals surface area contributed by atoms with Gasteiger partial charge in [-0.05, 0) is 38.3 Å². The Morgan fingerprint density at radius 3 is 2.85 bits per heavy atom. The molecule has 3 nitrogen and oxygen atoms in total. The average Bonchev–Trinajstić information content (AvgIpc) is 2.80. The lowest BCUT2D eigenvalue weighted by Crippen LogP contribution is -2.38. The number of rotatable bonds is 5. The minimum Gasteiger partial charge on any atom is -0.319 e. The molecule has 1 fully saturated rings. The van der Waals surface area contributed by atoms with E-state index in [-0.39, 0.29) is 12.1 Å². The molecule has 20 heavy (non-hydrogen) atoms. The zero-order valence-electron chi connectivity index (χ0n) is 13.1. The summed E-state index contributed by atoms with van der Waals surface area (Å²) >= 11 is 0. The van der Waals surface area contributed by atoms with E-state index in [0.29, 0.717) is 12.6 Å². The van der Waals surface area contributed by atoms with E-state index in [9.17, 15) is 4.79 Å². The van der Waals surface area contributed by atoms with Gasteiger partial charge >= 0.3 is 0 Å². The molecule has 1 aromatic carbocycles. The summed E-state index contributed by atoms with van der Waals surface area (Å²) in [5.41, 5.74) is 3.72. The number of hydrogen-bond acceptors (Lipinski definition) is 2. The van der Waals surface area contributed by atoms with Crippen LogP contribution in [-0.4, -0.2) is 23.4 Å². The average molecular weight is 274 g/mol. The van der Waals surface area contributed by atoms with Crippen molar-refractivity contribution in [2.45, 2.75) is 59.2 Å². The number of hydrogen-bond donors (Lipinski definition) is 1. The normalized spacial score (nSPS) is 20.5. The van der Waals surface area contributed by atoms with Crippen LogP contribution in [0.4, 0.5) is 0 Å². The fourth-order valence-electron chi connectivity index (χ4n) is 2.97. The second-order valence-electron chi connectivity index (χ2n) is 5.94. The Bertz CT molecular complexity index is 484. The lowest BCUT2D eigenvalue weighted by molar-refractivity contribution is -0.130. The van der Waals surface area contributed by atoms with Crippen molar-refractivity contribution in [2.75, 3.05) is 6.54 Å². The summed E-state index contributed by atoms with van der Waals surface area (Å²) in [5.74, 6) is 0.222. The van der Waals surface area contributed by atoms with Crippen LogP contribution in [0.5, 0.6) is 0 Å². The first-order chi connectivity index (χ1) is 9.54. The highest BCUT2D eigenvalue weighted by atomic mass is 16.2. The number of carbonyl (C=O) groups excluding carboxylic acids is 1. The Labute approximate surface area is 122 Å². The van der Waals surface area contributed by atoms with Gasteiger partial charge in [-0.25, -0.2) is 0 Å². The van der Waals surface area contributed by atoms with E-state index in [1.54, 1.807) is 0 Å².